The Labute approximate surface area is 101 Å². The van der Waals surface area contributed by atoms with Crippen molar-refractivity contribution in [1.82, 2.24) is 25.5 Å². The van der Waals surface area contributed by atoms with Gasteiger partial charge in [-0.3, -0.25) is 0 Å². The van der Waals surface area contributed by atoms with Crippen LogP contribution >= 0.6 is 11.8 Å². The molecule has 0 radical (unpaired) electrons. The quantitative estimate of drug-likeness (QED) is 0.735. The van der Waals surface area contributed by atoms with Gasteiger partial charge < -0.3 is 5.32 Å². The molecule has 1 aromatic heterocycles. The normalized spacial score (nSPS) is 15.0. The Morgan fingerprint density at radius 2 is 2.19 bits per heavy atom. The van der Waals surface area contributed by atoms with E-state index < -0.39 is 0 Å². The van der Waals surface area contributed by atoms with Crippen LogP contribution in [0, 0.1) is 0 Å². The molecule has 0 saturated carbocycles. The number of nitrogens with one attached hydrogen (secondary N) is 1. The summed E-state index contributed by atoms with van der Waals surface area (Å²) in [5.74, 6) is 0. The van der Waals surface area contributed by atoms with Gasteiger partial charge in [0.1, 0.15) is 0 Å². The monoisotopic (exact) mass is 243 g/mol. The lowest BCUT2D eigenvalue weighted by atomic mass is 10.1. The van der Waals surface area contributed by atoms with E-state index in [1.165, 1.54) is 6.42 Å². The van der Waals surface area contributed by atoms with Crippen LogP contribution in [0.5, 0.6) is 0 Å². The van der Waals surface area contributed by atoms with Crippen LogP contribution in [-0.4, -0.2) is 38.0 Å². The van der Waals surface area contributed by atoms with Crippen LogP contribution in [0.25, 0.3) is 0 Å². The number of aryl methyl sites for hydroxylation is 1. The Morgan fingerprint density at radius 3 is 2.69 bits per heavy atom. The fourth-order valence-electron chi connectivity index (χ4n) is 1.54. The van der Waals surface area contributed by atoms with Crippen molar-refractivity contribution in [3.05, 3.63) is 0 Å². The molecule has 92 valence electrons. The molecular formula is C10H21N5S. The molecule has 0 aliphatic heterocycles. The molecule has 1 N–H and O–H groups in total. The van der Waals surface area contributed by atoms with E-state index in [1.807, 2.05) is 7.05 Å². The van der Waals surface area contributed by atoms with E-state index in [4.69, 9.17) is 0 Å². The van der Waals surface area contributed by atoms with Crippen LogP contribution in [0.3, 0.4) is 0 Å². The first kappa shape index (κ1) is 13.4. The number of thioether (sulfide) groups is 1. The summed E-state index contributed by atoms with van der Waals surface area (Å²) in [6.45, 7) is 7.68. The molecule has 0 saturated heterocycles. The van der Waals surface area contributed by atoms with Gasteiger partial charge in [-0.05, 0) is 29.8 Å². The van der Waals surface area contributed by atoms with Crippen LogP contribution in [0.1, 0.15) is 33.6 Å². The van der Waals surface area contributed by atoms with Gasteiger partial charge in [0.05, 0.1) is 0 Å². The predicted octanol–water partition coefficient (Wildman–Crippen LogP) is 1.47. The first-order chi connectivity index (χ1) is 7.69. The van der Waals surface area contributed by atoms with Crippen molar-refractivity contribution in [3.8, 4) is 0 Å². The molecule has 1 heterocycles. The zero-order valence-electron chi connectivity index (χ0n) is 10.5. The highest BCUT2D eigenvalue weighted by Gasteiger charge is 2.18. The lowest BCUT2D eigenvalue weighted by Crippen LogP contribution is -2.36. The van der Waals surface area contributed by atoms with E-state index in [9.17, 15) is 0 Å². The number of aromatic nitrogens is 4. The van der Waals surface area contributed by atoms with Gasteiger partial charge >= 0.3 is 0 Å². The van der Waals surface area contributed by atoms with E-state index >= 15 is 0 Å². The molecular weight excluding hydrogens is 222 g/mol. The number of nitrogens with zero attached hydrogens (tertiary/aromatic N) is 4. The molecule has 1 aromatic rings. The first-order valence-electron chi connectivity index (χ1n) is 5.81. The Balaban J connectivity index is 2.49. The van der Waals surface area contributed by atoms with Crippen LogP contribution in [0.4, 0.5) is 0 Å². The fourth-order valence-corrected chi connectivity index (χ4v) is 2.60. The standard InChI is InChI=1S/C10H21N5S/c1-5-7-11-9(6-2)8(3)16-10-12-13-14-15(10)4/h8-9,11H,5-7H2,1-4H3. The Bertz CT molecular complexity index is 301. The van der Waals surface area contributed by atoms with Gasteiger partial charge in [0.2, 0.25) is 5.16 Å². The summed E-state index contributed by atoms with van der Waals surface area (Å²) >= 11 is 1.72. The minimum Gasteiger partial charge on any atom is -0.313 e. The maximum atomic E-state index is 3.99. The number of hydrogen-bond acceptors (Lipinski definition) is 5. The third kappa shape index (κ3) is 3.75. The second-order valence-corrected chi connectivity index (χ2v) is 5.22. The maximum Gasteiger partial charge on any atom is 0.209 e. The summed E-state index contributed by atoms with van der Waals surface area (Å²) in [4.78, 5) is 0. The van der Waals surface area contributed by atoms with Crippen LogP contribution in [0.2, 0.25) is 0 Å². The molecule has 2 atom stereocenters. The third-order valence-electron chi connectivity index (χ3n) is 2.54. The molecule has 5 nitrogen and oxygen atoms in total. The average molecular weight is 243 g/mol. The zero-order valence-corrected chi connectivity index (χ0v) is 11.3. The van der Waals surface area contributed by atoms with Gasteiger partial charge in [-0.15, -0.1) is 5.10 Å². The lowest BCUT2D eigenvalue weighted by molar-refractivity contribution is 0.492. The van der Waals surface area contributed by atoms with Gasteiger partial charge in [-0.2, -0.15) is 0 Å². The minimum absolute atomic E-state index is 0.473. The largest absolute Gasteiger partial charge is 0.313 e. The molecule has 0 aliphatic rings. The van der Waals surface area contributed by atoms with Crippen molar-refractivity contribution >= 4 is 11.8 Å². The second kappa shape index (κ2) is 6.85. The molecule has 0 aliphatic carbocycles. The van der Waals surface area contributed by atoms with E-state index in [2.05, 4.69) is 41.6 Å². The summed E-state index contributed by atoms with van der Waals surface area (Å²) in [5, 5.41) is 16.4. The molecule has 6 heteroatoms. The minimum atomic E-state index is 0.473. The van der Waals surface area contributed by atoms with Crippen LogP contribution < -0.4 is 5.32 Å². The van der Waals surface area contributed by atoms with Gasteiger partial charge in [-0.25, -0.2) is 4.68 Å². The summed E-state index contributed by atoms with van der Waals surface area (Å²) in [6, 6.07) is 0.515. The molecule has 1 rings (SSSR count). The highest BCUT2D eigenvalue weighted by molar-refractivity contribution is 7.99. The summed E-state index contributed by atoms with van der Waals surface area (Å²) in [5.41, 5.74) is 0. The van der Waals surface area contributed by atoms with E-state index in [0.29, 0.717) is 11.3 Å². The topological polar surface area (TPSA) is 55.6 Å². The molecule has 0 bridgehead atoms. The maximum absolute atomic E-state index is 3.99. The number of tetrazole rings is 1. The van der Waals surface area contributed by atoms with Crippen molar-refractivity contribution in [2.75, 3.05) is 6.54 Å². The number of rotatable bonds is 7. The molecule has 0 fully saturated rings. The first-order valence-corrected chi connectivity index (χ1v) is 6.69. The van der Waals surface area contributed by atoms with E-state index in [-0.39, 0.29) is 0 Å². The third-order valence-corrected chi connectivity index (χ3v) is 3.79. The molecule has 0 aromatic carbocycles. The average Bonchev–Trinajstić information content (AvgIpc) is 2.65. The molecule has 2 unspecified atom stereocenters. The van der Waals surface area contributed by atoms with Gasteiger partial charge in [-0.1, -0.05) is 32.5 Å². The highest BCUT2D eigenvalue weighted by atomic mass is 32.2. The Kier molecular flexibility index (Phi) is 5.76. The van der Waals surface area contributed by atoms with E-state index in [1.54, 1.807) is 16.4 Å². The smallest absolute Gasteiger partial charge is 0.209 e. The fraction of sp³-hybridized carbons (Fsp3) is 0.900. The predicted molar refractivity (Wildman–Crippen MR) is 66.5 cm³/mol. The van der Waals surface area contributed by atoms with Crippen LogP contribution in [0.15, 0.2) is 5.16 Å². The van der Waals surface area contributed by atoms with Crippen molar-refractivity contribution < 1.29 is 0 Å². The van der Waals surface area contributed by atoms with Gasteiger partial charge in [0.25, 0.3) is 0 Å². The Hall–Kier alpha value is -0.620. The van der Waals surface area contributed by atoms with Gasteiger partial charge in [0.15, 0.2) is 0 Å². The number of hydrogen-bond donors (Lipinski definition) is 1. The summed E-state index contributed by atoms with van der Waals surface area (Å²) in [6.07, 6.45) is 2.29. The molecule has 0 amide bonds. The summed E-state index contributed by atoms with van der Waals surface area (Å²) in [7, 11) is 1.87. The SMILES string of the molecule is CCCNC(CC)C(C)Sc1nnnn1C. The molecule has 16 heavy (non-hydrogen) atoms. The summed E-state index contributed by atoms with van der Waals surface area (Å²) < 4.78 is 1.72. The van der Waals surface area contributed by atoms with Crippen molar-refractivity contribution in [1.29, 1.82) is 0 Å². The lowest BCUT2D eigenvalue weighted by Gasteiger charge is -2.22. The van der Waals surface area contributed by atoms with Crippen molar-refractivity contribution in [3.63, 3.8) is 0 Å². The van der Waals surface area contributed by atoms with Crippen molar-refractivity contribution in [2.45, 2.75) is 50.1 Å². The van der Waals surface area contributed by atoms with Crippen molar-refractivity contribution in [2.24, 2.45) is 7.05 Å². The highest BCUT2D eigenvalue weighted by Crippen LogP contribution is 2.23. The van der Waals surface area contributed by atoms with E-state index in [0.717, 1.165) is 18.1 Å². The zero-order chi connectivity index (χ0) is 12.0. The second-order valence-electron chi connectivity index (χ2n) is 3.88. The Morgan fingerprint density at radius 1 is 1.44 bits per heavy atom. The van der Waals surface area contributed by atoms with Gasteiger partial charge in [0, 0.05) is 18.3 Å². The van der Waals surface area contributed by atoms with Crippen LogP contribution in [-0.2, 0) is 7.05 Å². The molecule has 0 spiro atoms.